The van der Waals surface area contributed by atoms with Crippen LogP contribution >= 0.6 is 11.6 Å². The average molecular weight is 412 g/mol. The highest BCUT2D eigenvalue weighted by molar-refractivity contribution is 6.31. The molecule has 0 spiro atoms. The maximum atomic E-state index is 12.7. The molecular formula is C21H18ClN3O4. The Labute approximate surface area is 172 Å². The van der Waals surface area contributed by atoms with Crippen LogP contribution in [0.4, 0.5) is 11.4 Å². The lowest BCUT2D eigenvalue weighted by atomic mass is 10.1. The number of ether oxygens (including phenoxy) is 1. The molecule has 148 valence electrons. The van der Waals surface area contributed by atoms with Crippen molar-refractivity contribution in [1.29, 1.82) is 5.26 Å². The van der Waals surface area contributed by atoms with Crippen molar-refractivity contribution in [3.8, 4) is 6.07 Å². The molecule has 3 rings (SSSR count). The van der Waals surface area contributed by atoms with Gasteiger partial charge in [0.05, 0.1) is 30.2 Å². The van der Waals surface area contributed by atoms with Crippen LogP contribution in [0.2, 0.25) is 5.02 Å². The molecule has 1 saturated heterocycles. The molecule has 0 bridgehead atoms. The molecule has 2 N–H and O–H groups in total. The van der Waals surface area contributed by atoms with Crippen LogP contribution in [0, 0.1) is 11.3 Å². The van der Waals surface area contributed by atoms with E-state index >= 15 is 0 Å². The first kappa shape index (κ1) is 20.4. The number of amides is 1. The molecule has 0 saturated carbocycles. The van der Waals surface area contributed by atoms with Gasteiger partial charge in [-0.2, -0.15) is 5.26 Å². The third kappa shape index (κ3) is 5.13. The van der Waals surface area contributed by atoms with E-state index < -0.39 is 11.9 Å². The van der Waals surface area contributed by atoms with Gasteiger partial charge in [-0.25, -0.2) is 4.79 Å². The van der Waals surface area contributed by atoms with Crippen molar-refractivity contribution in [3.63, 3.8) is 0 Å². The standard InChI is InChI=1S/C21H18ClN3O4/c22-17-5-6-19(25-7-9-29-10-8-25)18(12-17)24-20(26)16(13-23)11-14-1-3-15(4-2-14)21(27)28/h1-6,11-12H,7-10H2,(H,24,26)(H,27,28)/b16-11+. The first-order valence-electron chi connectivity index (χ1n) is 8.86. The summed E-state index contributed by atoms with van der Waals surface area (Å²) in [7, 11) is 0. The Morgan fingerprint density at radius 3 is 2.48 bits per heavy atom. The smallest absolute Gasteiger partial charge is 0.335 e. The Morgan fingerprint density at radius 2 is 1.86 bits per heavy atom. The van der Waals surface area contributed by atoms with Crippen LogP contribution in [0.15, 0.2) is 48.0 Å². The Morgan fingerprint density at radius 1 is 1.17 bits per heavy atom. The number of nitriles is 1. The number of carboxylic acids is 1. The molecule has 1 amide bonds. The summed E-state index contributed by atoms with van der Waals surface area (Å²) in [5.41, 5.74) is 1.86. The van der Waals surface area contributed by atoms with E-state index in [1.807, 2.05) is 12.1 Å². The zero-order valence-corrected chi connectivity index (χ0v) is 16.1. The van der Waals surface area contributed by atoms with Crippen LogP contribution in [-0.4, -0.2) is 43.3 Å². The molecule has 0 aliphatic carbocycles. The molecule has 1 fully saturated rings. The van der Waals surface area contributed by atoms with Gasteiger partial charge in [-0.1, -0.05) is 23.7 Å². The van der Waals surface area contributed by atoms with E-state index in [1.54, 1.807) is 12.1 Å². The van der Waals surface area contributed by atoms with Crippen molar-refractivity contribution >= 4 is 40.9 Å². The largest absolute Gasteiger partial charge is 0.478 e. The molecule has 0 radical (unpaired) electrons. The molecule has 1 aliphatic rings. The molecule has 2 aromatic rings. The maximum absolute atomic E-state index is 12.7. The second kappa shape index (κ2) is 9.24. The Hall–Kier alpha value is -3.34. The van der Waals surface area contributed by atoms with Crippen LogP contribution in [0.1, 0.15) is 15.9 Å². The van der Waals surface area contributed by atoms with Gasteiger partial charge in [0.2, 0.25) is 0 Å². The number of benzene rings is 2. The number of nitrogens with one attached hydrogen (secondary N) is 1. The zero-order valence-electron chi connectivity index (χ0n) is 15.4. The second-order valence-corrected chi connectivity index (χ2v) is 6.75. The molecule has 7 nitrogen and oxygen atoms in total. The van der Waals surface area contributed by atoms with Crippen LogP contribution in [-0.2, 0) is 9.53 Å². The van der Waals surface area contributed by atoms with E-state index in [9.17, 15) is 14.9 Å². The van der Waals surface area contributed by atoms with Crippen molar-refractivity contribution in [2.75, 3.05) is 36.5 Å². The van der Waals surface area contributed by atoms with Crippen molar-refractivity contribution in [2.45, 2.75) is 0 Å². The number of halogens is 1. The molecule has 29 heavy (non-hydrogen) atoms. The van der Waals surface area contributed by atoms with E-state index in [0.29, 0.717) is 42.6 Å². The predicted octanol–water partition coefficient (Wildman–Crippen LogP) is 3.42. The lowest BCUT2D eigenvalue weighted by Crippen LogP contribution is -2.36. The van der Waals surface area contributed by atoms with Crippen molar-refractivity contribution < 1.29 is 19.4 Å². The highest BCUT2D eigenvalue weighted by atomic mass is 35.5. The molecule has 1 aliphatic heterocycles. The van der Waals surface area contributed by atoms with Gasteiger partial charge in [-0.15, -0.1) is 0 Å². The number of morpholine rings is 1. The average Bonchev–Trinajstić information content (AvgIpc) is 2.73. The molecule has 2 aromatic carbocycles. The van der Waals surface area contributed by atoms with Gasteiger partial charge in [-0.3, -0.25) is 4.79 Å². The summed E-state index contributed by atoms with van der Waals surface area (Å²) in [5.74, 6) is -1.62. The van der Waals surface area contributed by atoms with Gasteiger partial charge in [0.1, 0.15) is 11.6 Å². The summed E-state index contributed by atoms with van der Waals surface area (Å²) in [6.45, 7) is 2.54. The van der Waals surface area contributed by atoms with Crippen molar-refractivity contribution in [1.82, 2.24) is 0 Å². The topological polar surface area (TPSA) is 103 Å². The fraction of sp³-hybridized carbons (Fsp3) is 0.190. The van der Waals surface area contributed by atoms with E-state index in [1.165, 1.54) is 30.3 Å². The number of hydrogen-bond donors (Lipinski definition) is 2. The first-order valence-corrected chi connectivity index (χ1v) is 9.24. The highest BCUT2D eigenvalue weighted by Crippen LogP contribution is 2.30. The van der Waals surface area contributed by atoms with Gasteiger partial charge in [0.15, 0.2) is 0 Å². The summed E-state index contributed by atoms with van der Waals surface area (Å²) >= 11 is 6.10. The van der Waals surface area contributed by atoms with E-state index in [2.05, 4.69) is 10.2 Å². The zero-order chi connectivity index (χ0) is 20.8. The summed E-state index contributed by atoms with van der Waals surface area (Å²) in [6.07, 6.45) is 1.40. The van der Waals surface area contributed by atoms with E-state index in [0.717, 1.165) is 5.69 Å². The maximum Gasteiger partial charge on any atom is 0.335 e. The Kier molecular flexibility index (Phi) is 6.50. The monoisotopic (exact) mass is 411 g/mol. The summed E-state index contributed by atoms with van der Waals surface area (Å²) in [5, 5.41) is 21.6. The number of carbonyl (C=O) groups excluding carboxylic acids is 1. The van der Waals surface area contributed by atoms with Gasteiger partial charge in [-0.05, 0) is 42.0 Å². The second-order valence-electron chi connectivity index (χ2n) is 6.31. The number of anilines is 2. The number of hydrogen-bond acceptors (Lipinski definition) is 5. The van der Waals surface area contributed by atoms with E-state index in [4.69, 9.17) is 21.4 Å². The summed E-state index contributed by atoms with van der Waals surface area (Å²) in [4.78, 5) is 25.7. The Balaban J connectivity index is 1.83. The van der Waals surface area contributed by atoms with E-state index in [-0.39, 0.29) is 11.1 Å². The number of carbonyl (C=O) groups is 2. The Bertz CT molecular complexity index is 990. The SMILES string of the molecule is N#C/C(=C\c1ccc(C(=O)O)cc1)C(=O)Nc1cc(Cl)ccc1N1CCOCC1. The van der Waals surface area contributed by atoms with Crippen molar-refractivity contribution in [2.24, 2.45) is 0 Å². The summed E-state index contributed by atoms with van der Waals surface area (Å²) < 4.78 is 5.37. The van der Waals surface area contributed by atoms with Gasteiger partial charge in [0.25, 0.3) is 5.91 Å². The third-order valence-corrected chi connectivity index (χ3v) is 4.63. The quantitative estimate of drug-likeness (QED) is 0.577. The van der Waals surface area contributed by atoms with Crippen molar-refractivity contribution in [3.05, 3.63) is 64.2 Å². The normalized spacial score (nSPS) is 14.2. The molecule has 0 atom stereocenters. The fourth-order valence-corrected chi connectivity index (χ4v) is 3.09. The van der Waals surface area contributed by atoms with Crippen LogP contribution in [0.3, 0.4) is 0 Å². The molecule has 1 heterocycles. The number of nitrogens with zero attached hydrogens (tertiary/aromatic N) is 2. The highest BCUT2D eigenvalue weighted by Gasteiger charge is 2.18. The number of rotatable bonds is 5. The fourth-order valence-electron chi connectivity index (χ4n) is 2.92. The van der Waals surface area contributed by atoms with Gasteiger partial charge < -0.3 is 20.1 Å². The molecule has 8 heteroatoms. The number of carboxylic acid groups (broad SMARTS) is 1. The van der Waals surface area contributed by atoms with Crippen LogP contribution in [0.25, 0.3) is 6.08 Å². The molecule has 0 aromatic heterocycles. The lowest BCUT2D eigenvalue weighted by Gasteiger charge is -2.30. The first-order chi connectivity index (χ1) is 14.0. The van der Waals surface area contributed by atoms with Crippen LogP contribution in [0.5, 0.6) is 0 Å². The summed E-state index contributed by atoms with van der Waals surface area (Å²) in [6, 6.07) is 13.0. The minimum Gasteiger partial charge on any atom is -0.478 e. The van der Waals surface area contributed by atoms with Gasteiger partial charge in [0, 0.05) is 18.1 Å². The van der Waals surface area contributed by atoms with Gasteiger partial charge >= 0.3 is 5.97 Å². The lowest BCUT2D eigenvalue weighted by molar-refractivity contribution is -0.112. The number of aromatic carboxylic acids is 1. The molecular weight excluding hydrogens is 394 g/mol. The molecule has 0 unspecified atom stereocenters. The predicted molar refractivity (Wildman–Crippen MR) is 110 cm³/mol. The third-order valence-electron chi connectivity index (χ3n) is 4.39. The van der Waals surface area contributed by atoms with Crippen LogP contribution < -0.4 is 10.2 Å². The minimum atomic E-state index is -1.05. The minimum absolute atomic E-state index is 0.110.